The molecule has 0 atom stereocenters. The average molecular weight is 269 g/mol. The zero-order chi connectivity index (χ0) is 15.4. The first-order chi connectivity index (χ1) is 8.79. The first kappa shape index (κ1) is 30.8. The molecule has 0 aromatic rings. The molecule has 0 saturated heterocycles. The molecule has 0 aliphatic carbocycles. The Labute approximate surface area is 125 Å². The summed E-state index contributed by atoms with van der Waals surface area (Å²) in [6.45, 7) is 23.7. The van der Waals surface area contributed by atoms with Gasteiger partial charge >= 0.3 is 0 Å². The van der Waals surface area contributed by atoms with Crippen LogP contribution in [0.4, 0.5) is 0 Å². The van der Waals surface area contributed by atoms with Crippen molar-refractivity contribution in [3.8, 4) is 0 Å². The van der Waals surface area contributed by atoms with Crippen LogP contribution in [-0.2, 0) is 0 Å². The van der Waals surface area contributed by atoms with E-state index in [1.165, 1.54) is 17.6 Å². The van der Waals surface area contributed by atoms with E-state index in [9.17, 15) is 0 Å². The normalized spacial score (nSPS) is 9.05. The topological polar surface area (TPSA) is 0 Å². The third-order valence-corrected chi connectivity index (χ3v) is 1.76. The molecule has 0 rings (SSSR count). The van der Waals surface area contributed by atoms with Gasteiger partial charge in [0.2, 0.25) is 0 Å². The minimum atomic E-state index is 0. The van der Waals surface area contributed by atoms with Crippen molar-refractivity contribution < 1.29 is 0 Å². The summed E-state index contributed by atoms with van der Waals surface area (Å²) in [7, 11) is 0. The third-order valence-electron chi connectivity index (χ3n) is 1.76. The monoisotopic (exact) mass is 268 g/mol. The molecule has 0 aromatic heterocycles. The summed E-state index contributed by atoms with van der Waals surface area (Å²) in [6.07, 6.45) is 10.1. The van der Waals surface area contributed by atoms with Gasteiger partial charge in [0.25, 0.3) is 0 Å². The third kappa shape index (κ3) is 22.6. The Morgan fingerprint density at radius 2 is 1.37 bits per heavy atom. The maximum absolute atomic E-state index is 3.77. The van der Waals surface area contributed by atoms with E-state index >= 15 is 0 Å². The summed E-state index contributed by atoms with van der Waals surface area (Å²) in [5.41, 5.74) is 2.54. The van der Waals surface area contributed by atoms with Crippen LogP contribution in [0, 0.1) is 0 Å². The van der Waals surface area contributed by atoms with Crippen molar-refractivity contribution in [3.63, 3.8) is 0 Å². The van der Waals surface area contributed by atoms with Crippen molar-refractivity contribution in [2.75, 3.05) is 0 Å². The maximum Gasteiger partial charge on any atom is -0.0234 e. The Kier molecular flexibility index (Phi) is 58.2. The van der Waals surface area contributed by atoms with Crippen LogP contribution in [0.2, 0.25) is 0 Å². The van der Waals surface area contributed by atoms with E-state index in [2.05, 4.69) is 33.1 Å². The largest absolute Gasteiger partial charge is 0.0990 e. The van der Waals surface area contributed by atoms with E-state index in [4.69, 9.17) is 0 Å². The van der Waals surface area contributed by atoms with Crippen LogP contribution in [0.3, 0.4) is 0 Å². The summed E-state index contributed by atoms with van der Waals surface area (Å²) in [5, 5.41) is 0. The fourth-order valence-corrected chi connectivity index (χ4v) is 1.16. The van der Waals surface area contributed by atoms with Crippen molar-refractivity contribution in [1.29, 1.82) is 0 Å². The van der Waals surface area contributed by atoms with E-state index in [-0.39, 0.29) is 7.43 Å². The molecular weight excluding hydrogens is 228 g/mol. The van der Waals surface area contributed by atoms with Crippen LogP contribution < -0.4 is 0 Å². The summed E-state index contributed by atoms with van der Waals surface area (Å²) < 4.78 is 0. The van der Waals surface area contributed by atoms with Crippen LogP contribution in [0.5, 0.6) is 0 Å². The van der Waals surface area contributed by atoms with Gasteiger partial charge in [0.15, 0.2) is 0 Å². The molecule has 0 unspecified atom stereocenters. The van der Waals surface area contributed by atoms with Crippen molar-refractivity contribution in [1.82, 2.24) is 0 Å². The summed E-state index contributed by atoms with van der Waals surface area (Å²) in [6, 6.07) is 0. The molecule has 0 fully saturated rings. The Balaban J connectivity index is -0.0000000816. The highest BCUT2D eigenvalue weighted by atomic mass is 14.0. The first-order valence-electron chi connectivity index (χ1n) is 7.40. The number of allylic oxidation sites excluding steroid dienone is 6. The highest BCUT2D eigenvalue weighted by Crippen LogP contribution is 2.16. The van der Waals surface area contributed by atoms with Gasteiger partial charge in [-0.25, -0.2) is 0 Å². The second kappa shape index (κ2) is 36.0. The van der Waals surface area contributed by atoms with E-state index in [1.54, 1.807) is 6.08 Å². The lowest BCUT2D eigenvalue weighted by Crippen LogP contribution is -1.85. The lowest BCUT2D eigenvalue weighted by Gasteiger charge is -2.05. The molecule has 19 heavy (non-hydrogen) atoms. The van der Waals surface area contributed by atoms with Gasteiger partial charge in [0, 0.05) is 0 Å². The Morgan fingerprint density at radius 3 is 1.58 bits per heavy atom. The molecule has 0 aliphatic rings. The average Bonchev–Trinajstić information content (AvgIpc) is 2.49. The van der Waals surface area contributed by atoms with Crippen molar-refractivity contribution in [3.05, 3.63) is 48.6 Å². The van der Waals surface area contributed by atoms with Crippen LogP contribution in [0.1, 0.15) is 75.7 Å². The highest BCUT2D eigenvalue weighted by molar-refractivity contribution is 5.40. The Bertz CT molecular complexity index is 204. The zero-order valence-corrected chi connectivity index (χ0v) is 14.1. The number of hydrogen-bond donors (Lipinski definition) is 0. The molecule has 0 bridgehead atoms. The SMILES string of the molecule is C.C=C/C=C(C=C)\C(=C/C)CCC.CC.CC.CC. The molecular formula is C19H40. The van der Waals surface area contributed by atoms with Crippen LogP contribution in [0.15, 0.2) is 48.6 Å². The lowest BCUT2D eigenvalue weighted by molar-refractivity contribution is 0.915. The van der Waals surface area contributed by atoms with E-state index < -0.39 is 0 Å². The molecule has 0 amide bonds. The second-order valence-electron chi connectivity index (χ2n) is 2.63. The molecule has 0 radical (unpaired) electrons. The molecule has 0 nitrogen and oxygen atoms in total. The van der Waals surface area contributed by atoms with E-state index in [1.807, 2.05) is 53.7 Å². The van der Waals surface area contributed by atoms with Gasteiger partial charge in [0.1, 0.15) is 0 Å². The van der Waals surface area contributed by atoms with E-state index in [0.29, 0.717) is 0 Å². The van der Waals surface area contributed by atoms with Gasteiger partial charge < -0.3 is 0 Å². The lowest BCUT2D eigenvalue weighted by atomic mass is 10.0. The minimum absolute atomic E-state index is 0. The first-order valence-corrected chi connectivity index (χ1v) is 7.40. The second-order valence-corrected chi connectivity index (χ2v) is 2.63. The summed E-state index contributed by atoms with van der Waals surface area (Å²) in [5.74, 6) is 0. The van der Waals surface area contributed by atoms with Gasteiger partial charge in [-0.1, -0.05) is 99.8 Å². The Morgan fingerprint density at radius 1 is 0.947 bits per heavy atom. The van der Waals surface area contributed by atoms with Crippen molar-refractivity contribution in [2.45, 2.75) is 75.7 Å². The van der Waals surface area contributed by atoms with Gasteiger partial charge in [-0.3, -0.25) is 0 Å². The quantitative estimate of drug-likeness (QED) is 0.447. The van der Waals surface area contributed by atoms with Crippen molar-refractivity contribution in [2.24, 2.45) is 0 Å². The number of rotatable bonds is 5. The van der Waals surface area contributed by atoms with Crippen LogP contribution in [-0.4, -0.2) is 0 Å². The summed E-state index contributed by atoms with van der Waals surface area (Å²) in [4.78, 5) is 0. The molecule has 0 aromatic carbocycles. The molecule has 0 N–H and O–H groups in total. The minimum Gasteiger partial charge on any atom is -0.0990 e. The predicted octanol–water partition coefficient (Wildman–Crippen LogP) is 7.75. The standard InChI is InChI=1S/C12H18.3C2H6.CH4/c1-5-9-11(7-3)12(8-4)10-6-2;3*1-2;/h5,7-9H,1,3,6,10H2,2,4H3;3*1-2H3;1H4/b11-9-,12-8-;;;;. The van der Waals surface area contributed by atoms with Gasteiger partial charge in [-0.05, 0) is 24.5 Å². The maximum atomic E-state index is 3.77. The molecule has 0 heteroatoms. The van der Waals surface area contributed by atoms with Crippen LogP contribution >= 0.6 is 0 Å². The molecule has 0 spiro atoms. The van der Waals surface area contributed by atoms with Gasteiger partial charge in [-0.2, -0.15) is 0 Å². The molecule has 116 valence electrons. The molecule has 0 aliphatic heterocycles. The van der Waals surface area contributed by atoms with Gasteiger partial charge in [0.05, 0.1) is 0 Å². The Hall–Kier alpha value is -1.04. The number of hydrogen-bond acceptors (Lipinski definition) is 0. The van der Waals surface area contributed by atoms with E-state index in [0.717, 1.165) is 6.42 Å². The van der Waals surface area contributed by atoms with Crippen LogP contribution in [0.25, 0.3) is 0 Å². The molecule has 0 heterocycles. The predicted molar refractivity (Wildman–Crippen MR) is 97.9 cm³/mol. The fourth-order valence-electron chi connectivity index (χ4n) is 1.16. The smallest absolute Gasteiger partial charge is 0.0234 e. The fraction of sp³-hybridized carbons (Fsp3) is 0.579. The van der Waals surface area contributed by atoms with Gasteiger partial charge in [-0.15, -0.1) is 0 Å². The molecule has 0 saturated carbocycles. The summed E-state index contributed by atoms with van der Waals surface area (Å²) >= 11 is 0. The highest BCUT2D eigenvalue weighted by Gasteiger charge is 1.97. The van der Waals surface area contributed by atoms with Crippen molar-refractivity contribution >= 4 is 0 Å². The zero-order valence-electron chi connectivity index (χ0n) is 14.1.